The number of quaternary nitrogens is 1. The van der Waals surface area contributed by atoms with E-state index < -0.39 is 32.5 Å². The Morgan fingerprint density at radius 1 is 0.540 bits per heavy atom. The van der Waals surface area contributed by atoms with Crippen LogP contribution in [0.15, 0.2) is 60.8 Å². The minimum atomic E-state index is -4.41. The number of hydrogen-bond acceptors (Lipinski definition) is 8. The molecule has 0 radical (unpaired) electrons. The van der Waals surface area contributed by atoms with Crippen molar-refractivity contribution in [3.05, 3.63) is 60.8 Å². The summed E-state index contributed by atoms with van der Waals surface area (Å²) in [5.74, 6) is -0.730. The van der Waals surface area contributed by atoms with Crippen molar-refractivity contribution in [3.63, 3.8) is 0 Å². The van der Waals surface area contributed by atoms with Crippen LogP contribution in [0.5, 0.6) is 0 Å². The van der Waals surface area contributed by atoms with Crippen LogP contribution in [0.2, 0.25) is 0 Å². The maximum atomic E-state index is 12.7. The SMILES string of the molecule is CCCCCCCC/C=C\CCCCCCCCCCCCCC(=O)OC[C@H](COP(=O)(O)OCC[N+](C)(C)C)OC(=O)CCC/C=C\C/C=C\C/C=C\C=C\C(=O)CCCCC. The molecule has 0 aliphatic rings. The fourth-order valence-electron chi connectivity index (χ4n) is 6.54. The summed E-state index contributed by atoms with van der Waals surface area (Å²) in [6.45, 7) is 4.18. The van der Waals surface area contributed by atoms with Gasteiger partial charge in [0.1, 0.15) is 19.8 Å². The van der Waals surface area contributed by atoms with Crippen molar-refractivity contribution >= 4 is 25.5 Å². The number of ketones is 1. The summed E-state index contributed by atoms with van der Waals surface area (Å²) in [5.41, 5.74) is 0. The Labute approximate surface area is 385 Å². The molecule has 0 saturated carbocycles. The molecule has 364 valence electrons. The van der Waals surface area contributed by atoms with Crippen LogP contribution < -0.4 is 0 Å². The van der Waals surface area contributed by atoms with Crippen molar-refractivity contribution < 1.29 is 46.8 Å². The molecule has 0 amide bonds. The molecule has 0 heterocycles. The lowest BCUT2D eigenvalue weighted by Gasteiger charge is -2.24. The number of likely N-dealkylation sites (N-methyl/N-ethyl adjacent to an activating group) is 1. The molecule has 0 bridgehead atoms. The Hall–Kier alpha value is -2.62. The Morgan fingerprint density at radius 3 is 1.62 bits per heavy atom. The Bertz CT molecular complexity index is 1320. The molecule has 0 aliphatic carbocycles. The minimum absolute atomic E-state index is 0.00876. The molecule has 0 saturated heterocycles. The number of phosphoric ester groups is 1. The topological polar surface area (TPSA) is 125 Å². The Kier molecular flexibility index (Phi) is 41.5. The Balaban J connectivity index is 4.37. The summed E-state index contributed by atoms with van der Waals surface area (Å²) in [6.07, 6.45) is 49.8. The van der Waals surface area contributed by atoms with E-state index in [1.165, 1.54) is 103 Å². The van der Waals surface area contributed by atoms with Crippen molar-refractivity contribution in [2.75, 3.05) is 47.5 Å². The van der Waals surface area contributed by atoms with Gasteiger partial charge >= 0.3 is 19.8 Å². The summed E-state index contributed by atoms with van der Waals surface area (Å²) in [5, 5.41) is 0. The van der Waals surface area contributed by atoms with Crippen molar-refractivity contribution in [1.29, 1.82) is 0 Å². The van der Waals surface area contributed by atoms with Gasteiger partial charge < -0.3 is 18.9 Å². The highest BCUT2D eigenvalue weighted by molar-refractivity contribution is 7.47. The molecule has 0 fully saturated rings. The summed E-state index contributed by atoms with van der Waals surface area (Å²) in [4.78, 5) is 47.2. The third-order valence-electron chi connectivity index (χ3n) is 10.5. The van der Waals surface area contributed by atoms with E-state index in [2.05, 4.69) is 38.2 Å². The zero-order valence-corrected chi connectivity index (χ0v) is 41.7. The van der Waals surface area contributed by atoms with Gasteiger partial charge in [0.2, 0.25) is 0 Å². The summed E-state index contributed by atoms with van der Waals surface area (Å²) >= 11 is 0. The number of esters is 2. The molecule has 1 unspecified atom stereocenters. The second-order valence-corrected chi connectivity index (χ2v) is 19.3. The number of allylic oxidation sites excluding steroid dienone is 10. The molecular weight excluding hydrogens is 814 g/mol. The van der Waals surface area contributed by atoms with Crippen LogP contribution in [0.4, 0.5) is 0 Å². The van der Waals surface area contributed by atoms with Gasteiger partial charge in [-0.3, -0.25) is 23.4 Å². The number of unbranched alkanes of at least 4 members (excludes halogenated alkanes) is 20. The zero-order valence-electron chi connectivity index (χ0n) is 40.8. The van der Waals surface area contributed by atoms with E-state index in [-0.39, 0.29) is 31.8 Å². The predicted molar refractivity (Wildman–Crippen MR) is 261 cm³/mol. The van der Waals surface area contributed by atoms with Crippen LogP contribution in [0.1, 0.15) is 200 Å². The van der Waals surface area contributed by atoms with Gasteiger partial charge in [-0.2, -0.15) is 0 Å². The number of rotatable bonds is 45. The van der Waals surface area contributed by atoms with E-state index in [1.54, 1.807) is 12.2 Å². The number of hydrogen-bond donors (Lipinski definition) is 1. The lowest BCUT2D eigenvalue weighted by atomic mass is 10.0. The van der Waals surface area contributed by atoms with E-state index >= 15 is 0 Å². The average molecular weight is 907 g/mol. The highest BCUT2D eigenvalue weighted by atomic mass is 31.2. The monoisotopic (exact) mass is 907 g/mol. The van der Waals surface area contributed by atoms with Crippen molar-refractivity contribution in [1.82, 2.24) is 0 Å². The molecule has 0 aromatic carbocycles. The third kappa shape index (κ3) is 47.2. The first-order valence-corrected chi connectivity index (χ1v) is 26.5. The van der Waals surface area contributed by atoms with Gasteiger partial charge in [0.15, 0.2) is 11.9 Å². The van der Waals surface area contributed by atoms with E-state index in [1.807, 2.05) is 45.4 Å². The van der Waals surface area contributed by atoms with Gasteiger partial charge in [-0.25, -0.2) is 4.57 Å². The van der Waals surface area contributed by atoms with Gasteiger partial charge in [0.05, 0.1) is 27.7 Å². The van der Waals surface area contributed by atoms with Crippen LogP contribution in [0, 0.1) is 0 Å². The molecule has 0 aromatic heterocycles. The number of carbonyl (C=O) groups is 3. The first-order valence-electron chi connectivity index (χ1n) is 25.0. The van der Waals surface area contributed by atoms with E-state index in [0.717, 1.165) is 51.4 Å². The summed E-state index contributed by atoms with van der Waals surface area (Å²) < 4.78 is 34.3. The molecular formula is C52H93NO9P+. The number of phosphoric acid groups is 1. The first kappa shape index (κ1) is 60.4. The van der Waals surface area contributed by atoms with Gasteiger partial charge in [0, 0.05) is 19.3 Å². The largest absolute Gasteiger partial charge is 0.472 e. The molecule has 0 aromatic rings. The molecule has 0 aliphatic heterocycles. The summed E-state index contributed by atoms with van der Waals surface area (Å²) in [7, 11) is 1.40. The number of ether oxygens (including phenoxy) is 2. The Morgan fingerprint density at radius 2 is 1.02 bits per heavy atom. The molecule has 1 N–H and O–H groups in total. The number of carbonyl (C=O) groups excluding carboxylic acids is 3. The third-order valence-corrected chi connectivity index (χ3v) is 11.5. The molecule has 63 heavy (non-hydrogen) atoms. The smallest absolute Gasteiger partial charge is 0.462 e. The minimum Gasteiger partial charge on any atom is -0.462 e. The highest BCUT2D eigenvalue weighted by Gasteiger charge is 2.27. The van der Waals surface area contributed by atoms with E-state index in [0.29, 0.717) is 30.3 Å². The normalized spacial score (nSPS) is 13.9. The van der Waals surface area contributed by atoms with Crippen molar-refractivity contribution in [2.45, 2.75) is 206 Å². The standard InChI is InChI=1S/C52H92NO9P/c1-6-8-10-11-12-13-14-15-16-17-18-19-20-21-22-23-26-29-32-35-39-43-51(55)59-47-50(48-61-63(57,58)60-46-45-53(3,4)5)62-52(56)44-40-36-33-30-27-24-25-28-31-34-38-42-49(54)41-37-9-7-2/h15-16,24-25,30-31,33-34,38,42,50H,6-14,17-23,26-29,32,35-37,39-41,43-48H2,1-5H3/p+1/b16-15-,25-24-,33-30-,34-31-,42-38+/t50-/m1/s1. The van der Waals surface area contributed by atoms with Crippen LogP contribution in [0.25, 0.3) is 0 Å². The van der Waals surface area contributed by atoms with Gasteiger partial charge in [-0.05, 0) is 70.3 Å². The fraction of sp³-hybridized carbons (Fsp3) is 0.750. The maximum Gasteiger partial charge on any atom is 0.472 e. The predicted octanol–water partition coefficient (Wildman–Crippen LogP) is 14.0. The highest BCUT2D eigenvalue weighted by Crippen LogP contribution is 2.43. The van der Waals surface area contributed by atoms with E-state index in [4.69, 9.17) is 18.5 Å². The fourth-order valence-corrected chi connectivity index (χ4v) is 7.29. The van der Waals surface area contributed by atoms with Gasteiger partial charge in [-0.1, -0.05) is 171 Å². The molecule has 10 nitrogen and oxygen atoms in total. The van der Waals surface area contributed by atoms with E-state index in [9.17, 15) is 23.8 Å². The van der Waals surface area contributed by atoms with Crippen LogP contribution >= 0.6 is 7.82 Å². The van der Waals surface area contributed by atoms with Crippen LogP contribution in [-0.4, -0.2) is 80.7 Å². The van der Waals surface area contributed by atoms with Crippen LogP contribution in [0.3, 0.4) is 0 Å². The number of nitrogens with zero attached hydrogens (tertiary/aromatic N) is 1. The second-order valence-electron chi connectivity index (χ2n) is 17.9. The maximum absolute atomic E-state index is 12.7. The lowest BCUT2D eigenvalue weighted by Crippen LogP contribution is -2.37. The molecule has 11 heteroatoms. The van der Waals surface area contributed by atoms with Crippen molar-refractivity contribution in [3.8, 4) is 0 Å². The van der Waals surface area contributed by atoms with Crippen molar-refractivity contribution in [2.24, 2.45) is 0 Å². The second kappa shape index (κ2) is 43.3. The molecule has 0 rings (SSSR count). The summed E-state index contributed by atoms with van der Waals surface area (Å²) in [6, 6.07) is 0. The first-order chi connectivity index (χ1) is 30.4. The zero-order chi connectivity index (χ0) is 46.5. The van der Waals surface area contributed by atoms with Crippen LogP contribution in [-0.2, 0) is 37.5 Å². The quantitative estimate of drug-likeness (QED) is 0.0121. The lowest BCUT2D eigenvalue weighted by molar-refractivity contribution is -0.870. The molecule has 0 spiro atoms. The molecule has 2 atom stereocenters. The van der Waals surface area contributed by atoms with Gasteiger partial charge in [-0.15, -0.1) is 0 Å². The average Bonchev–Trinajstić information content (AvgIpc) is 3.23. The van der Waals surface area contributed by atoms with Gasteiger partial charge in [0.25, 0.3) is 0 Å².